The molecule has 0 aliphatic carbocycles. The number of hydrogen-bond acceptors (Lipinski definition) is 5. The lowest BCUT2D eigenvalue weighted by Gasteiger charge is -2.09. The van der Waals surface area contributed by atoms with Crippen LogP contribution in [0, 0.1) is 17.0 Å². The van der Waals surface area contributed by atoms with Gasteiger partial charge in [0, 0.05) is 30.5 Å². The largest absolute Gasteiger partial charge is 0.417 e. The first-order valence-electron chi connectivity index (χ1n) is 8.47. The molecule has 8 nitrogen and oxygen atoms in total. The smallest absolute Gasteiger partial charge is 0.307 e. The molecule has 0 saturated heterocycles. The molecule has 1 aromatic carbocycles. The van der Waals surface area contributed by atoms with Gasteiger partial charge in [-0.1, -0.05) is 0 Å². The molecule has 1 amide bonds. The summed E-state index contributed by atoms with van der Waals surface area (Å²) in [5.41, 5.74) is 0.128. The first kappa shape index (κ1) is 20.7. The summed E-state index contributed by atoms with van der Waals surface area (Å²) >= 11 is 0. The SMILES string of the molecule is Cc1cc(NC(=O)C=Cc2ccc([N+](=O)[O-])cc2)n(-c2ccc(C(F)(F)F)cn2)n1. The number of nitro groups is 1. The van der Waals surface area contributed by atoms with E-state index in [2.05, 4.69) is 15.4 Å². The summed E-state index contributed by atoms with van der Waals surface area (Å²) in [5, 5.41) is 17.4. The molecule has 30 heavy (non-hydrogen) atoms. The summed E-state index contributed by atoms with van der Waals surface area (Å²) in [4.78, 5) is 26.1. The van der Waals surface area contributed by atoms with Gasteiger partial charge < -0.3 is 5.32 Å². The molecule has 0 aliphatic heterocycles. The molecule has 0 spiro atoms. The molecule has 0 bridgehead atoms. The third-order valence-corrected chi connectivity index (χ3v) is 3.91. The third-order valence-electron chi connectivity index (χ3n) is 3.91. The lowest BCUT2D eigenvalue weighted by Crippen LogP contribution is -2.13. The van der Waals surface area contributed by atoms with Crippen molar-refractivity contribution in [3.63, 3.8) is 0 Å². The number of pyridine rings is 1. The Kier molecular flexibility index (Phi) is 5.63. The van der Waals surface area contributed by atoms with E-state index in [0.29, 0.717) is 17.5 Å². The molecule has 1 N–H and O–H groups in total. The number of halogens is 3. The van der Waals surface area contributed by atoms with Gasteiger partial charge in [-0.25, -0.2) is 4.98 Å². The fraction of sp³-hybridized carbons (Fsp3) is 0.105. The van der Waals surface area contributed by atoms with Crippen molar-refractivity contribution in [2.45, 2.75) is 13.1 Å². The highest BCUT2D eigenvalue weighted by Gasteiger charge is 2.30. The number of nitro benzene ring substituents is 1. The Bertz CT molecular complexity index is 1100. The highest BCUT2D eigenvalue weighted by molar-refractivity contribution is 6.01. The Hall–Kier alpha value is -4.02. The zero-order chi connectivity index (χ0) is 21.9. The number of amides is 1. The van der Waals surface area contributed by atoms with Crippen LogP contribution in [0.1, 0.15) is 16.8 Å². The van der Waals surface area contributed by atoms with Gasteiger partial charge in [0.15, 0.2) is 5.82 Å². The van der Waals surface area contributed by atoms with E-state index in [1.54, 1.807) is 6.92 Å². The van der Waals surface area contributed by atoms with Crippen molar-refractivity contribution in [1.82, 2.24) is 14.8 Å². The summed E-state index contributed by atoms with van der Waals surface area (Å²) < 4.78 is 39.3. The predicted octanol–water partition coefficient (Wildman–Crippen LogP) is 4.15. The topological polar surface area (TPSA) is 103 Å². The molecule has 0 fully saturated rings. The van der Waals surface area contributed by atoms with Crippen molar-refractivity contribution in [2.75, 3.05) is 5.32 Å². The lowest BCUT2D eigenvalue weighted by atomic mass is 10.2. The molecule has 3 aromatic rings. The van der Waals surface area contributed by atoms with Gasteiger partial charge in [0.1, 0.15) is 5.82 Å². The van der Waals surface area contributed by atoms with Gasteiger partial charge in [0.25, 0.3) is 5.69 Å². The van der Waals surface area contributed by atoms with Crippen LogP contribution in [0.2, 0.25) is 0 Å². The third kappa shape index (κ3) is 4.87. The van der Waals surface area contributed by atoms with Crippen molar-refractivity contribution in [3.05, 3.63) is 81.7 Å². The van der Waals surface area contributed by atoms with E-state index in [0.717, 1.165) is 12.1 Å². The fourth-order valence-electron chi connectivity index (χ4n) is 2.49. The van der Waals surface area contributed by atoms with Gasteiger partial charge in [-0.2, -0.15) is 23.0 Å². The van der Waals surface area contributed by atoms with Crippen LogP contribution in [0.15, 0.2) is 54.7 Å². The normalized spacial score (nSPS) is 11.6. The Balaban J connectivity index is 1.75. The highest BCUT2D eigenvalue weighted by atomic mass is 19.4. The van der Waals surface area contributed by atoms with E-state index >= 15 is 0 Å². The van der Waals surface area contributed by atoms with E-state index in [9.17, 15) is 28.1 Å². The monoisotopic (exact) mass is 417 g/mol. The van der Waals surface area contributed by atoms with E-state index < -0.39 is 22.6 Å². The maximum absolute atomic E-state index is 12.7. The Morgan fingerprint density at radius 1 is 1.20 bits per heavy atom. The van der Waals surface area contributed by atoms with Crippen molar-refractivity contribution >= 4 is 23.5 Å². The summed E-state index contributed by atoms with van der Waals surface area (Å²) in [7, 11) is 0. The molecule has 0 atom stereocenters. The molecule has 0 saturated carbocycles. The second-order valence-electron chi connectivity index (χ2n) is 6.16. The summed E-state index contributed by atoms with van der Waals surface area (Å²) in [6, 6.07) is 9.16. The number of carbonyl (C=O) groups is 1. The van der Waals surface area contributed by atoms with Crippen LogP contribution in [-0.2, 0) is 11.0 Å². The first-order chi connectivity index (χ1) is 14.1. The number of rotatable bonds is 5. The number of benzene rings is 1. The number of alkyl halides is 3. The van der Waals surface area contributed by atoms with E-state index in [4.69, 9.17) is 0 Å². The lowest BCUT2D eigenvalue weighted by molar-refractivity contribution is -0.384. The molecule has 11 heteroatoms. The summed E-state index contributed by atoms with van der Waals surface area (Å²) in [6.45, 7) is 1.66. The zero-order valence-electron chi connectivity index (χ0n) is 15.4. The van der Waals surface area contributed by atoms with Crippen LogP contribution in [-0.4, -0.2) is 25.6 Å². The summed E-state index contributed by atoms with van der Waals surface area (Å²) in [5.74, 6) is -0.203. The number of carbonyl (C=O) groups excluding carboxylic acids is 1. The van der Waals surface area contributed by atoms with Crippen LogP contribution in [0.25, 0.3) is 11.9 Å². The van der Waals surface area contributed by atoms with Crippen LogP contribution in [0.5, 0.6) is 0 Å². The van der Waals surface area contributed by atoms with Gasteiger partial charge in [0.2, 0.25) is 5.91 Å². The summed E-state index contributed by atoms with van der Waals surface area (Å²) in [6.07, 6.45) is -1.14. The van der Waals surface area contributed by atoms with Gasteiger partial charge in [-0.3, -0.25) is 14.9 Å². The zero-order valence-corrected chi connectivity index (χ0v) is 15.4. The van der Waals surface area contributed by atoms with E-state index in [1.807, 2.05) is 0 Å². The molecule has 0 aliphatic rings. The standard InChI is InChI=1S/C19H14F3N5O3/c1-12-10-17(26(25-12)16-8-5-14(11-23-16)19(20,21)22)24-18(28)9-4-13-2-6-15(7-3-13)27(29)30/h2-11H,1H3,(H,24,28). The van der Waals surface area contributed by atoms with Gasteiger partial charge in [0.05, 0.1) is 16.2 Å². The maximum Gasteiger partial charge on any atom is 0.417 e. The van der Waals surface area contributed by atoms with Crippen molar-refractivity contribution in [1.29, 1.82) is 0 Å². The molecule has 154 valence electrons. The Morgan fingerprint density at radius 2 is 1.90 bits per heavy atom. The number of aromatic nitrogens is 3. The predicted molar refractivity (Wildman–Crippen MR) is 102 cm³/mol. The second kappa shape index (κ2) is 8.15. The van der Waals surface area contributed by atoms with E-state index in [1.165, 1.54) is 47.2 Å². The quantitative estimate of drug-likeness (QED) is 0.382. The number of aryl methyl sites for hydroxylation is 1. The van der Waals surface area contributed by atoms with Crippen LogP contribution < -0.4 is 5.32 Å². The van der Waals surface area contributed by atoms with Crippen molar-refractivity contribution in [3.8, 4) is 5.82 Å². The minimum atomic E-state index is -4.51. The maximum atomic E-state index is 12.7. The minimum absolute atomic E-state index is 0.0694. The molecule has 2 heterocycles. The molecule has 0 unspecified atom stereocenters. The average molecular weight is 417 g/mol. The number of hydrogen-bond donors (Lipinski definition) is 1. The first-order valence-corrected chi connectivity index (χ1v) is 8.47. The highest BCUT2D eigenvalue weighted by Crippen LogP contribution is 2.29. The average Bonchev–Trinajstić information content (AvgIpc) is 3.06. The number of anilines is 1. The molecule has 3 rings (SSSR count). The van der Waals surface area contributed by atoms with E-state index in [-0.39, 0.29) is 17.3 Å². The second-order valence-corrected chi connectivity index (χ2v) is 6.16. The molecule has 2 aromatic heterocycles. The minimum Gasteiger partial charge on any atom is -0.307 e. The van der Waals surface area contributed by atoms with Crippen molar-refractivity contribution < 1.29 is 22.9 Å². The van der Waals surface area contributed by atoms with Gasteiger partial charge in [-0.15, -0.1) is 0 Å². The van der Waals surface area contributed by atoms with Crippen LogP contribution in [0.4, 0.5) is 24.7 Å². The van der Waals surface area contributed by atoms with Gasteiger partial charge in [-0.05, 0) is 42.8 Å². The molecular formula is C19H14F3N5O3. The fourth-order valence-corrected chi connectivity index (χ4v) is 2.49. The Labute approximate surface area is 167 Å². The molecule has 0 radical (unpaired) electrons. The van der Waals surface area contributed by atoms with Gasteiger partial charge >= 0.3 is 6.18 Å². The van der Waals surface area contributed by atoms with Crippen LogP contribution in [0.3, 0.4) is 0 Å². The number of nitrogens with zero attached hydrogens (tertiary/aromatic N) is 4. The Morgan fingerprint density at radius 3 is 2.47 bits per heavy atom. The van der Waals surface area contributed by atoms with Crippen LogP contribution >= 0.6 is 0 Å². The van der Waals surface area contributed by atoms with Crippen molar-refractivity contribution in [2.24, 2.45) is 0 Å². The molecular weight excluding hydrogens is 403 g/mol. The number of non-ortho nitro benzene ring substituents is 1. The number of nitrogens with one attached hydrogen (secondary N) is 1.